The van der Waals surface area contributed by atoms with Gasteiger partial charge in [-0.15, -0.1) is 0 Å². The van der Waals surface area contributed by atoms with E-state index in [-0.39, 0.29) is 11.9 Å². The molecule has 3 nitrogen and oxygen atoms in total. The van der Waals surface area contributed by atoms with Gasteiger partial charge in [0.2, 0.25) is 0 Å². The minimum atomic E-state index is 0.0158. The normalized spacial score (nSPS) is 15.5. The second kappa shape index (κ2) is 7.91. The van der Waals surface area contributed by atoms with E-state index in [1.165, 1.54) is 24.8 Å². The molecule has 1 saturated carbocycles. The first-order valence-corrected chi connectivity index (χ1v) is 8.73. The maximum absolute atomic E-state index is 12.9. The maximum Gasteiger partial charge on any atom is 0.252 e. The van der Waals surface area contributed by atoms with E-state index in [9.17, 15) is 4.79 Å². The molecule has 1 fully saturated rings. The molecule has 0 radical (unpaired) electrons. The van der Waals surface area contributed by atoms with Crippen LogP contribution in [-0.2, 0) is 4.79 Å². The van der Waals surface area contributed by atoms with Crippen LogP contribution in [-0.4, -0.2) is 16.9 Å². The van der Waals surface area contributed by atoms with Crippen LogP contribution in [0.4, 0.5) is 5.82 Å². The first-order valence-electron chi connectivity index (χ1n) is 8.73. The van der Waals surface area contributed by atoms with Crippen LogP contribution in [0.5, 0.6) is 0 Å². The molecule has 1 aliphatic rings. The summed E-state index contributed by atoms with van der Waals surface area (Å²) >= 11 is 0. The predicted molar refractivity (Wildman–Crippen MR) is 98.8 cm³/mol. The van der Waals surface area contributed by atoms with Crippen LogP contribution in [0.15, 0.2) is 54.7 Å². The van der Waals surface area contributed by atoms with Gasteiger partial charge in [0, 0.05) is 18.3 Å². The second-order valence-electron chi connectivity index (χ2n) is 6.44. The molecule has 0 aliphatic heterocycles. The molecule has 1 aromatic heterocycles. The molecule has 0 N–H and O–H groups in total. The molecule has 2 aromatic rings. The fourth-order valence-electron chi connectivity index (χ4n) is 3.34. The number of pyridine rings is 1. The minimum Gasteiger partial charge on any atom is -0.290 e. The standard InChI is InChI=1S/C21H24N2O/c1-17-8-7-9-18(16-17)13-14-21(24)23(19-10-3-2-4-11-19)20-12-5-6-15-22-20/h5-9,12-16,19H,2-4,10-11H2,1H3/b14-13+. The first kappa shape index (κ1) is 16.4. The van der Waals surface area contributed by atoms with Crippen molar-refractivity contribution in [2.75, 3.05) is 4.90 Å². The van der Waals surface area contributed by atoms with Crippen molar-refractivity contribution < 1.29 is 4.79 Å². The Hall–Kier alpha value is -2.42. The number of aromatic nitrogens is 1. The highest BCUT2D eigenvalue weighted by Gasteiger charge is 2.26. The van der Waals surface area contributed by atoms with Crippen LogP contribution in [0.3, 0.4) is 0 Å². The lowest BCUT2D eigenvalue weighted by atomic mass is 9.94. The molecule has 3 rings (SSSR count). The number of hydrogen-bond donors (Lipinski definition) is 0. The number of amides is 1. The van der Waals surface area contributed by atoms with Crippen molar-refractivity contribution >= 4 is 17.8 Å². The Kier molecular flexibility index (Phi) is 5.42. The van der Waals surface area contributed by atoms with Gasteiger partial charge in [0.1, 0.15) is 5.82 Å². The van der Waals surface area contributed by atoms with E-state index >= 15 is 0 Å². The summed E-state index contributed by atoms with van der Waals surface area (Å²) in [5, 5.41) is 0. The molecule has 0 spiro atoms. The third-order valence-electron chi connectivity index (χ3n) is 4.53. The van der Waals surface area contributed by atoms with Gasteiger partial charge in [-0.25, -0.2) is 4.98 Å². The number of benzene rings is 1. The lowest BCUT2D eigenvalue weighted by Crippen LogP contribution is -2.41. The van der Waals surface area contributed by atoms with Crippen molar-refractivity contribution in [2.24, 2.45) is 0 Å². The van der Waals surface area contributed by atoms with Crippen LogP contribution in [0.2, 0.25) is 0 Å². The molecule has 1 aromatic carbocycles. The zero-order valence-electron chi connectivity index (χ0n) is 14.2. The molecular weight excluding hydrogens is 296 g/mol. The molecule has 24 heavy (non-hydrogen) atoms. The SMILES string of the molecule is Cc1cccc(/C=C/C(=O)N(c2ccccn2)C2CCCCC2)c1. The van der Waals surface area contributed by atoms with E-state index in [0.29, 0.717) is 0 Å². The van der Waals surface area contributed by atoms with E-state index in [1.807, 2.05) is 41.3 Å². The zero-order valence-corrected chi connectivity index (χ0v) is 14.2. The van der Waals surface area contributed by atoms with Crippen molar-refractivity contribution in [1.29, 1.82) is 0 Å². The van der Waals surface area contributed by atoms with E-state index in [0.717, 1.165) is 24.2 Å². The quantitative estimate of drug-likeness (QED) is 0.760. The number of aryl methyl sites for hydroxylation is 1. The molecule has 124 valence electrons. The van der Waals surface area contributed by atoms with Gasteiger partial charge in [-0.3, -0.25) is 9.69 Å². The molecule has 0 unspecified atom stereocenters. The average Bonchev–Trinajstić information content (AvgIpc) is 2.62. The molecule has 0 bridgehead atoms. The zero-order chi connectivity index (χ0) is 16.8. The van der Waals surface area contributed by atoms with Gasteiger partial charge in [-0.2, -0.15) is 0 Å². The summed E-state index contributed by atoms with van der Waals surface area (Å²) in [6.45, 7) is 2.06. The summed E-state index contributed by atoms with van der Waals surface area (Å²) in [5.74, 6) is 0.769. The summed E-state index contributed by atoms with van der Waals surface area (Å²) in [4.78, 5) is 19.2. The molecule has 3 heteroatoms. The van der Waals surface area contributed by atoms with Gasteiger partial charge in [0.25, 0.3) is 5.91 Å². The summed E-state index contributed by atoms with van der Waals surface area (Å²) in [7, 11) is 0. The monoisotopic (exact) mass is 320 g/mol. The highest BCUT2D eigenvalue weighted by Crippen LogP contribution is 2.26. The van der Waals surface area contributed by atoms with E-state index in [2.05, 4.69) is 24.0 Å². The number of hydrogen-bond acceptors (Lipinski definition) is 2. The number of nitrogens with zero attached hydrogens (tertiary/aromatic N) is 2. The Morgan fingerprint density at radius 3 is 2.67 bits per heavy atom. The molecule has 0 saturated heterocycles. The van der Waals surface area contributed by atoms with Crippen molar-refractivity contribution in [3.8, 4) is 0 Å². The van der Waals surface area contributed by atoms with Crippen molar-refractivity contribution in [1.82, 2.24) is 4.98 Å². The van der Waals surface area contributed by atoms with Crippen molar-refractivity contribution in [3.63, 3.8) is 0 Å². The summed E-state index contributed by atoms with van der Waals surface area (Å²) in [6.07, 6.45) is 11.1. The van der Waals surface area contributed by atoms with Crippen LogP contribution >= 0.6 is 0 Å². The highest BCUT2D eigenvalue weighted by molar-refractivity contribution is 6.03. The predicted octanol–water partition coefficient (Wildman–Crippen LogP) is 4.77. The second-order valence-corrected chi connectivity index (χ2v) is 6.44. The topological polar surface area (TPSA) is 33.2 Å². The third kappa shape index (κ3) is 4.10. The Labute approximate surface area is 144 Å². The largest absolute Gasteiger partial charge is 0.290 e. The maximum atomic E-state index is 12.9. The van der Waals surface area contributed by atoms with E-state index < -0.39 is 0 Å². The molecule has 1 aliphatic carbocycles. The van der Waals surface area contributed by atoms with Crippen LogP contribution < -0.4 is 4.90 Å². The fraction of sp³-hybridized carbons (Fsp3) is 0.333. The molecule has 1 heterocycles. The Balaban J connectivity index is 1.83. The average molecular weight is 320 g/mol. The van der Waals surface area contributed by atoms with E-state index in [1.54, 1.807) is 12.3 Å². The summed E-state index contributed by atoms with van der Waals surface area (Å²) in [6, 6.07) is 14.2. The molecule has 0 atom stereocenters. The van der Waals surface area contributed by atoms with Crippen molar-refractivity contribution in [3.05, 3.63) is 65.9 Å². The van der Waals surface area contributed by atoms with Gasteiger partial charge in [0.05, 0.1) is 0 Å². The number of rotatable bonds is 4. The van der Waals surface area contributed by atoms with Crippen LogP contribution in [0, 0.1) is 6.92 Å². The highest BCUT2D eigenvalue weighted by atomic mass is 16.2. The van der Waals surface area contributed by atoms with Crippen LogP contribution in [0.25, 0.3) is 6.08 Å². The molecular formula is C21H24N2O. The summed E-state index contributed by atoms with van der Waals surface area (Å²) in [5.41, 5.74) is 2.24. The van der Waals surface area contributed by atoms with Crippen molar-refractivity contribution in [2.45, 2.75) is 45.1 Å². The lowest BCUT2D eigenvalue weighted by molar-refractivity contribution is -0.114. The fourth-order valence-corrected chi connectivity index (χ4v) is 3.34. The van der Waals surface area contributed by atoms with Gasteiger partial charge in [-0.05, 0) is 43.5 Å². The van der Waals surface area contributed by atoms with Gasteiger partial charge in [0.15, 0.2) is 0 Å². The number of anilines is 1. The molecule has 1 amide bonds. The summed E-state index contributed by atoms with van der Waals surface area (Å²) < 4.78 is 0. The Bertz CT molecular complexity index is 703. The lowest BCUT2D eigenvalue weighted by Gasteiger charge is -2.32. The van der Waals surface area contributed by atoms with Gasteiger partial charge < -0.3 is 0 Å². The Morgan fingerprint density at radius 1 is 1.12 bits per heavy atom. The smallest absolute Gasteiger partial charge is 0.252 e. The third-order valence-corrected chi connectivity index (χ3v) is 4.53. The van der Waals surface area contributed by atoms with E-state index in [4.69, 9.17) is 0 Å². The van der Waals surface area contributed by atoms with Gasteiger partial charge >= 0.3 is 0 Å². The number of carbonyl (C=O) groups excluding carboxylic acids is 1. The van der Waals surface area contributed by atoms with Gasteiger partial charge in [-0.1, -0.05) is 55.2 Å². The Morgan fingerprint density at radius 2 is 1.96 bits per heavy atom. The van der Waals surface area contributed by atoms with Crippen LogP contribution in [0.1, 0.15) is 43.2 Å². The first-order chi connectivity index (χ1) is 11.7. The minimum absolute atomic E-state index is 0.0158. The number of carbonyl (C=O) groups is 1.